The van der Waals surface area contributed by atoms with Crippen LogP contribution in [-0.2, 0) is 20.1 Å². The molecule has 8 rings (SSSR count). The molecule has 0 atom stereocenters. The van der Waals surface area contributed by atoms with Gasteiger partial charge in [0.25, 0.3) is 0 Å². The van der Waals surface area contributed by atoms with Crippen LogP contribution in [0.15, 0.2) is 128 Å². The van der Waals surface area contributed by atoms with E-state index in [2.05, 4.69) is 74.3 Å². The zero-order valence-corrected chi connectivity index (χ0v) is 24.8. The van der Waals surface area contributed by atoms with E-state index in [1.165, 1.54) is 20.2 Å². The SMILES string of the molecule is [Ir].[c-]1ccc2c(sc3ccccc32)c1-c1nc2ccnnc2n1-c1ccccc1.[c-]1ccccc1-c1ccccn1. The molecule has 199 valence electrons. The largest absolute Gasteiger partial charge is 0.316 e. The number of rotatable bonds is 3. The van der Waals surface area contributed by atoms with Crippen LogP contribution in [0.1, 0.15) is 0 Å². The van der Waals surface area contributed by atoms with Gasteiger partial charge in [0.05, 0.1) is 12.0 Å². The Morgan fingerprint density at radius 1 is 0.683 bits per heavy atom. The second-order valence-electron chi connectivity index (χ2n) is 9.03. The van der Waals surface area contributed by atoms with Crippen molar-refractivity contribution >= 4 is 42.7 Å². The second kappa shape index (κ2) is 11.9. The molecule has 0 N–H and O–H groups in total. The Kier molecular flexibility index (Phi) is 7.74. The number of thiophene rings is 1. The molecule has 4 heterocycles. The van der Waals surface area contributed by atoms with Crippen LogP contribution in [0, 0.1) is 12.1 Å². The van der Waals surface area contributed by atoms with Crippen LogP contribution in [0.2, 0.25) is 0 Å². The fraction of sp³-hybridized carbons (Fsp3) is 0. The van der Waals surface area contributed by atoms with Crippen LogP contribution in [-0.4, -0.2) is 24.7 Å². The average molecular weight is 724 g/mol. The van der Waals surface area contributed by atoms with E-state index in [4.69, 9.17) is 4.98 Å². The number of hydrogen-bond donors (Lipinski definition) is 0. The van der Waals surface area contributed by atoms with Crippen molar-refractivity contribution in [2.75, 3.05) is 0 Å². The van der Waals surface area contributed by atoms with Crippen LogP contribution < -0.4 is 0 Å². The monoisotopic (exact) mass is 724 g/mol. The summed E-state index contributed by atoms with van der Waals surface area (Å²) in [6.45, 7) is 0. The van der Waals surface area contributed by atoms with E-state index < -0.39 is 0 Å². The molecule has 4 aromatic carbocycles. The van der Waals surface area contributed by atoms with Crippen molar-refractivity contribution in [3.63, 3.8) is 0 Å². The molecular formula is C34H21IrN5S-2. The van der Waals surface area contributed by atoms with Crippen molar-refractivity contribution in [1.29, 1.82) is 0 Å². The molecule has 0 unspecified atom stereocenters. The molecule has 0 saturated carbocycles. The van der Waals surface area contributed by atoms with Crippen molar-refractivity contribution in [2.24, 2.45) is 0 Å². The van der Waals surface area contributed by atoms with Crippen molar-refractivity contribution in [1.82, 2.24) is 24.7 Å². The summed E-state index contributed by atoms with van der Waals surface area (Å²) in [4.78, 5) is 9.13. The predicted molar refractivity (Wildman–Crippen MR) is 162 cm³/mol. The van der Waals surface area contributed by atoms with Crippen molar-refractivity contribution in [2.45, 2.75) is 0 Å². The summed E-state index contributed by atoms with van der Waals surface area (Å²) in [5, 5.41) is 10.9. The smallest absolute Gasteiger partial charge is 0.178 e. The van der Waals surface area contributed by atoms with Crippen molar-refractivity contribution in [3.8, 4) is 28.3 Å². The van der Waals surface area contributed by atoms with Gasteiger partial charge in [-0.05, 0) is 46.1 Å². The summed E-state index contributed by atoms with van der Waals surface area (Å²) in [7, 11) is 0. The Hall–Kier alpha value is -4.55. The van der Waals surface area contributed by atoms with Gasteiger partial charge in [-0.3, -0.25) is 4.98 Å². The Balaban J connectivity index is 0.000000196. The molecule has 41 heavy (non-hydrogen) atoms. The van der Waals surface area contributed by atoms with E-state index in [9.17, 15) is 0 Å². The third kappa shape index (κ3) is 5.19. The number of pyridine rings is 1. The molecular weight excluding hydrogens is 703 g/mol. The Bertz CT molecular complexity index is 2020. The first kappa shape index (κ1) is 26.7. The van der Waals surface area contributed by atoms with Crippen molar-refractivity contribution < 1.29 is 20.1 Å². The summed E-state index contributed by atoms with van der Waals surface area (Å²) in [5.41, 5.74) is 5.57. The van der Waals surface area contributed by atoms with E-state index in [-0.39, 0.29) is 20.1 Å². The van der Waals surface area contributed by atoms with Gasteiger partial charge in [-0.2, -0.15) is 16.4 Å². The predicted octanol–water partition coefficient (Wildman–Crippen LogP) is 8.20. The van der Waals surface area contributed by atoms with Gasteiger partial charge in [0.1, 0.15) is 5.52 Å². The average Bonchev–Trinajstić information content (AvgIpc) is 3.62. The molecule has 0 aliphatic rings. The van der Waals surface area contributed by atoms with Crippen LogP contribution in [0.5, 0.6) is 0 Å². The first-order valence-corrected chi connectivity index (χ1v) is 13.6. The van der Waals surface area contributed by atoms with Gasteiger partial charge in [-0.1, -0.05) is 59.5 Å². The number of benzene rings is 4. The molecule has 5 nitrogen and oxygen atoms in total. The van der Waals surface area contributed by atoms with Crippen LogP contribution in [0.4, 0.5) is 0 Å². The molecule has 4 aromatic heterocycles. The Morgan fingerprint density at radius 3 is 2.34 bits per heavy atom. The first-order valence-electron chi connectivity index (χ1n) is 12.8. The minimum Gasteiger partial charge on any atom is -0.316 e. The molecule has 1 radical (unpaired) electrons. The van der Waals surface area contributed by atoms with E-state index in [1.807, 2.05) is 72.8 Å². The van der Waals surface area contributed by atoms with Crippen molar-refractivity contribution in [3.05, 3.63) is 140 Å². The van der Waals surface area contributed by atoms with Gasteiger partial charge in [-0.15, -0.1) is 59.2 Å². The molecule has 0 fully saturated rings. The van der Waals surface area contributed by atoms with E-state index in [1.54, 1.807) is 23.7 Å². The summed E-state index contributed by atoms with van der Waals surface area (Å²) in [5.74, 6) is 0.832. The minimum atomic E-state index is 0. The maximum absolute atomic E-state index is 4.92. The zero-order chi connectivity index (χ0) is 26.7. The number of imidazole rings is 1. The Morgan fingerprint density at radius 2 is 1.51 bits per heavy atom. The third-order valence-corrected chi connectivity index (χ3v) is 7.76. The minimum absolute atomic E-state index is 0. The summed E-state index contributed by atoms with van der Waals surface area (Å²) in [6.07, 6.45) is 3.47. The molecule has 0 spiro atoms. The molecule has 0 aliphatic carbocycles. The van der Waals surface area contributed by atoms with Gasteiger partial charge < -0.3 is 9.55 Å². The summed E-state index contributed by atoms with van der Waals surface area (Å²) in [6, 6.07) is 44.9. The number of fused-ring (bicyclic) bond motifs is 4. The topological polar surface area (TPSA) is 56.5 Å². The van der Waals surface area contributed by atoms with Gasteiger partial charge in [0.2, 0.25) is 0 Å². The van der Waals surface area contributed by atoms with Crippen LogP contribution in [0.3, 0.4) is 0 Å². The standard InChI is InChI=1S/C23H13N4S.C11H8N.Ir/c1-2-7-15(8-3-1)27-22(25-19-13-14-24-26-23(19)27)18-11-6-10-17-16-9-4-5-12-20(16)28-21(17)18;1-2-6-10(7-3-1)11-8-4-5-9-12-11;/h1-10,12-14H;1-6,8-9H;/q2*-1;. The van der Waals surface area contributed by atoms with Gasteiger partial charge in [0.15, 0.2) is 5.65 Å². The number of para-hydroxylation sites is 1. The van der Waals surface area contributed by atoms with E-state index >= 15 is 0 Å². The molecule has 0 amide bonds. The zero-order valence-electron chi connectivity index (χ0n) is 21.6. The normalized spacial score (nSPS) is 10.7. The fourth-order valence-electron chi connectivity index (χ4n) is 4.75. The second-order valence-corrected chi connectivity index (χ2v) is 10.1. The van der Waals surface area contributed by atoms with Gasteiger partial charge >= 0.3 is 0 Å². The van der Waals surface area contributed by atoms with E-state index in [0.717, 1.165) is 39.5 Å². The summed E-state index contributed by atoms with van der Waals surface area (Å²) < 4.78 is 4.52. The van der Waals surface area contributed by atoms with Crippen LogP contribution in [0.25, 0.3) is 59.7 Å². The summed E-state index contributed by atoms with van der Waals surface area (Å²) >= 11 is 1.78. The maximum atomic E-state index is 4.92. The quantitative estimate of drug-likeness (QED) is 0.173. The molecule has 0 bridgehead atoms. The Labute approximate surface area is 254 Å². The van der Waals surface area contributed by atoms with Gasteiger partial charge in [0, 0.05) is 36.7 Å². The number of hydrogen-bond acceptors (Lipinski definition) is 5. The fourth-order valence-corrected chi connectivity index (χ4v) is 5.94. The number of nitrogens with zero attached hydrogens (tertiary/aromatic N) is 5. The van der Waals surface area contributed by atoms with E-state index in [0.29, 0.717) is 0 Å². The first-order chi connectivity index (χ1) is 19.9. The number of aromatic nitrogens is 5. The molecule has 0 aliphatic heterocycles. The van der Waals surface area contributed by atoms with Gasteiger partial charge in [-0.25, -0.2) is 0 Å². The third-order valence-electron chi connectivity index (χ3n) is 6.56. The van der Waals surface area contributed by atoms with Crippen LogP contribution >= 0.6 is 11.3 Å². The molecule has 7 heteroatoms. The maximum Gasteiger partial charge on any atom is 0.178 e. The molecule has 0 saturated heterocycles. The molecule has 8 aromatic rings.